The Kier molecular flexibility index (Phi) is 6.16. The molecule has 0 saturated carbocycles. The van der Waals surface area contributed by atoms with Crippen molar-refractivity contribution in [3.63, 3.8) is 0 Å². The predicted octanol–water partition coefficient (Wildman–Crippen LogP) is 3.37. The third-order valence-corrected chi connectivity index (χ3v) is 3.04. The van der Waals surface area contributed by atoms with E-state index in [1.54, 1.807) is 6.07 Å². The zero-order chi connectivity index (χ0) is 13.5. The van der Waals surface area contributed by atoms with E-state index in [4.69, 9.17) is 11.6 Å². The number of benzene rings is 1. The van der Waals surface area contributed by atoms with E-state index >= 15 is 0 Å². The average Bonchev–Trinajstić information content (AvgIpc) is 2.32. The van der Waals surface area contributed by atoms with Crippen LogP contribution in [0.3, 0.4) is 0 Å². The van der Waals surface area contributed by atoms with Gasteiger partial charge in [-0.3, -0.25) is 4.79 Å². The highest BCUT2D eigenvalue weighted by Crippen LogP contribution is 2.19. The van der Waals surface area contributed by atoms with Crippen molar-refractivity contribution in [2.75, 3.05) is 11.9 Å². The molecule has 1 aromatic carbocycles. The molecular formula is C14H21ClN2O. The quantitative estimate of drug-likeness (QED) is 0.831. The lowest BCUT2D eigenvalue weighted by molar-refractivity contribution is -0.115. The minimum Gasteiger partial charge on any atom is -0.325 e. The van der Waals surface area contributed by atoms with Crippen molar-refractivity contribution in [2.45, 2.75) is 39.7 Å². The fourth-order valence-corrected chi connectivity index (χ4v) is 1.90. The van der Waals surface area contributed by atoms with E-state index < -0.39 is 0 Å². The van der Waals surface area contributed by atoms with Crippen molar-refractivity contribution in [1.82, 2.24) is 5.32 Å². The summed E-state index contributed by atoms with van der Waals surface area (Å²) in [5.74, 6) is -0.0386. The van der Waals surface area contributed by atoms with Gasteiger partial charge in [0.2, 0.25) is 5.91 Å². The monoisotopic (exact) mass is 268 g/mol. The molecule has 1 unspecified atom stereocenters. The van der Waals surface area contributed by atoms with Crippen LogP contribution < -0.4 is 10.6 Å². The molecular weight excluding hydrogens is 248 g/mol. The number of anilines is 1. The first-order valence-corrected chi connectivity index (χ1v) is 6.70. The molecule has 0 heterocycles. The van der Waals surface area contributed by atoms with Crippen LogP contribution in [0.1, 0.15) is 32.3 Å². The smallest absolute Gasteiger partial charge is 0.238 e. The molecule has 1 rings (SSSR count). The normalized spacial score (nSPS) is 12.2. The predicted molar refractivity (Wildman–Crippen MR) is 77.2 cm³/mol. The number of halogens is 1. The summed E-state index contributed by atoms with van der Waals surface area (Å²) in [6.45, 7) is 6.49. The zero-order valence-electron chi connectivity index (χ0n) is 11.2. The van der Waals surface area contributed by atoms with Gasteiger partial charge in [0, 0.05) is 16.8 Å². The van der Waals surface area contributed by atoms with Gasteiger partial charge < -0.3 is 10.6 Å². The molecule has 18 heavy (non-hydrogen) atoms. The lowest BCUT2D eigenvalue weighted by atomic mass is 10.2. The zero-order valence-corrected chi connectivity index (χ0v) is 12.0. The number of rotatable bonds is 6. The maximum Gasteiger partial charge on any atom is 0.238 e. The first-order chi connectivity index (χ1) is 8.52. The highest BCUT2D eigenvalue weighted by molar-refractivity contribution is 6.31. The summed E-state index contributed by atoms with van der Waals surface area (Å²) in [6.07, 6.45) is 2.19. The van der Waals surface area contributed by atoms with Gasteiger partial charge in [0.05, 0.1) is 6.54 Å². The summed E-state index contributed by atoms with van der Waals surface area (Å²) in [5.41, 5.74) is 1.78. The minimum absolute atomic E-state index is 0.0386. The van der Waals surface area contributed by atoms with Crippen LogP contribution in [0.2, 0.25) is 5.02 Å². The molecule has 3 nitrogen and oxygen atoms in total. The number of amides is 1. The molecule has 0 aromatic heterocycles. The first-order valence-electron chi connectivity index (χ1n) is 6.32. The van der Waals surface area contributed by atoms with Crippen molar-refractivity contribution in [1.29, 1.82) is 0 Å². The standard InChI is InChI=1S/C14H21ClN2O/c1-4-5-11(3)16-9-14(18)17-13-8-12(15)7-6-10(13)2/h6-8,11,16H,4-5,9H2,1-3H3,(H,17,18). The van der Waals surface area contributed by atoms with Crippen LogP contribution in [-0.2, 0) is 4.79 Å². The Labute approximate surface area is 114 Å². The van der Waals surface area contributed by atoms with Crippen LogP contribution in [0.4, 0.5) is 5.69 Å². The summed E-state index contributed by atoms with van der Waals surface area (Å²) in [4.78, 5) is 11.8. The maximum absolute atomic E-state index is 11.8. The molecule has 0 aliphatic carbocycles. The van der Waals surface area contributed by atoms with Gasteiger partial charge in [-0.05, 0) is 38.0 Å². The van der Waals surface area contributed by atoms with Crippen LogP contribution in [0.25, 0.3) is 0 Å². The molecule has 0 saturated heterocycles. The van der Waals surface area contributed by atoms with Crippen molar-refractivity contribution in [3.05, 3.63) is 28.8 Å². The Morgan fingerprint density at radius 1 is 1.44 bits per heavy atom. The van der Waals surface area contributed by atoms with Gasteiger partial charge in [-0.1, -0.05) is 31.0 Å². The van der Waals surface area contributed by atoms with Gasteiger partial charge in [-0.2, -0.15) is 0 Å². The number of hydrogen-bond donors (Lipinski definition) is 2. The summed E-state index contributed by atoms with van der Waals surface area (Å²) in [6, 6.07) is 5.84. The fraction of sp³-hybridized carbons (Fsp3) is 0.500. The number of nitrogens with one attached hydrogen (secondary N) is 2. The molecule has 0 aliphatic rings. The van der Waals surface area contributed by atoms with E-state index in [2.05, 4.69) is 24.5 Å². The van der Waals surface area contributed by atoms with Gasteiger partial charge in [0.25, 0.3) is 0 Å². The molecule has 1 amide bonds. The molecule has 2 N–H and O–H groups in total. The summed E-state index contributed by atoms with van der Waals surface area (Å²) >= 11 is 5.90. The largest absolute Gasteiger partial charge is 0.325 e. The Balaban J connectivity index is 2.47. The minimum atomic E-state index is -0.0386. The van der Waals surface area contributed by atoms with Crippen LogP contribution in [0.5, 0.6) is 0 Å². The molecule has 0 aliphatic heterocycles. The lowest BCUT2D eigenvalue weighted by Crippen LogP contribution is -2.34. The Morgan fingerprint density at radius 3 is 2.83 bits per heavy atom. The van der Waals surface area contributed by atoms with Gasteiger partial charge in [-0.25, -0.2) is 0 Å². The molecule has 1 aromatic rings. The summed E-state index contributed by atoms with van der Waals surface area (Å²) < 4.78 is 0. The first kappa shape index (κ1) is 15.0. The SMILES string of the molecule is CCCC(C)NCC(=O)Nc1cc(Cl)ccc1C. The van der Waals surface area contributed by atoms with E-state index in [1.807, 2.05) is 19.1 Å². The molecule has 0 radical (unpaired) electrons. The lowest BCUT2D eigenvalue weighted by Gasteiger charge is -2.13. The molecule has 0 fully saturated rings. The van der Waals surface area contributed by atoms with Crippen LogP contribution in [-0.4, -0.2) is 18.5 Å². The number of carbonyl (C=O) groups excluding carboxylic acids is 1. The summed E-state index contributed by atoms with van der Waals surface area (Å²) in [5, 5.41) is 6.68. The average molecular weight is 269 g/mol. The van der Waals surface area contributed by atoms with Gasteiger partial charge in [0.15, 0.2) is 0 Å². The third-order valence-electron chi connectivity index (χ3n) is 2.81. The van der Waals surface area contributed by atoms with E-state index in [0.717, 1.165) is 24.1 Å². The van der Waals surface area contributed by atoms with E-state index in [-0.39, 0.29) is 5.91 Å². The second kappa shape index (κ2) is 7.39. The van der Waals surface area contributed by atoms with E-state index in [9.17, 15) is 4.79 Å². The molecule has 1 atom stereocenters. The fourth-order valence-electron chi connectivity index (χ4n) is 1.73. The highest BCUT2D eigenvalue weighted by atomic mass is 35.5. The van der Waals surface area contributed by atoms with Gasteiger partial charge >= 0.3 is 0 Å². The van der Waals surface area contributed by atoms with Crippen LogP contribution in [0.15, 0.2) is 18.2 Å². The van der Waals surface area contributed by atoms with Crippen LogP contribution >= 0.6 is 11.6 Å². The molecule has 0 spiro atoms. The molecule has 100 valence electrons. The third kappa shape index (κ3) is 5.07. The number of aryl methyl sites for hydroxylation is 1. The Morgan fingerprint density at radius 2 is 2.17 bits per heavy atom. The van der Waals surface area contributed by atoms with Gasteiger partial charge in [-0.15, -0.1) is 0 Å². The topological polar surface area (TPSA) is 41.1 Å². The van der Waals surface area contributed by atoms with E-state index in [0.29, 0.717) is 17.6 Å². The van der Waals surface area contributed by atoms with Crippen molar-refractivity contribution < 1.29 is 4.79 Å². The molecule has 0 bridgehead atoms. The van der Waals surface area contributed by atoms with E-state index in [1.165, 1.54) is 0 Å². The molecule has 4 heteroatoms. The summed E-state index contributed by atoms with van der Waals surface area (Å²) in [7, 11) is 0. The van der Waals surface area contributed by atoms with Gasteiger partial charge in [0.1, 0.15) is 0 Å². The second-order valence-electron chi connectivity index (χ2n) is 4.58. The van der Waals surface area contributed by atoms with Crippen LogP contribution in [0, 0.1) is 6.92 Å². The Hall–Kier alpha value is -1.06. The number of carbonyl (C=O) groups is 1. The van der Waals surface area contributed by atoms with Crippen molar-refractivity contribution in [2.24, 2.45) is 0 Å². The van der Waals surface area contributed by atoms with Crippen molar-refractivity contribution >= 4 is 23.2 Å². The highest BCUT2D eigenvalue weighted by Gasteiger charge is 2.07. The Bertz CT molecular complexity index is 407. The number of hydrogen-bond acceptors (Lipinski definition) is 2. The second-order valence-corrected chi connectivity index (χ2v) is 5.01. The van der Waals surface area contributed by atoms with Crippen molar-refractivity contribution in [3.8, 4) is 0 Å². The maximum atomic E-state index is 11.8.